The number of urea groups is 1. The number of thioether (sulfide) groups is 2. The number of hydrogen-bond donors (Lipinski definition) is 2. The molecule has 0 radical (unpaired) electrons. The zero-order valence-corrected chi connectivity index (χ0v) is 13.7. The average Bonchev–Trinajstić information content (AvgIpc) is 3.15. The molecule has 7 heteroatoms. The Hall–Kier alpha value is -1.34. The highest BCUT2D eigenvalue weighted by Gasteiger charge is 2.24. The van der Waals surface area contributed by atoms with E-state index in [-0.39, 0.29) is 12.6 Å². The van der Waals surface area contributed by atoms with E-state index < -0.39 is 11.9 Å². The number of amides is 3. The first-order valence-electron chi connectivity index (χ1n) is 7.27. The van der Waals surface area contributed by atoms with Gasteiger partial charge in [-0.2, -0.15) is 0 Å². The van der Waals surface area contributed by atoms with Crippen LogP contribution in [0.15, 0.2) is 24.3 Å². The van der Waals surface area contributed by atoms with Gasteiger partial charge in [0.2, 0.25) is 0 Å². The first kappa shape index (κ1) is 15.6. The minimum Gasteiger partial charge on any atom is -0.484 e. The van der Waals surface area contributed by atoms with Gasteiger partial charge >= 0.3 is 6.03 Å². The molecule has 1 aromatic carbocycles. The van der Waals surface area contributed by atoms with Crippen molar-refractivity contribution in [3.63, 3.8) is 0 Å². The lowest BCUT2D eigenvalue weighted by Crippen LogP contribution is -2.42. The molecule has 1 aromatic rings. The van der Waals surface area contributed by atoms with Crippen molar-refractivity contribution in [2.75, 3.05) is 18.1 Å². The van der Waals surface area contributed by atoms with Gasteiger partial charge in [-0.1, -0.05) is 12.1 Å². The van der Waals surface area contributed by atoms with Crippen molar-refractivity contribution in [2.45, 2.75) is 23.5 Å². The minimum atomic E-state index is -0.443. The molecule has 1 saturated heterocycles. The third-order valence-electron chi connectivity index (χ3n) is 3.31. The fourth-order valence-corrected chi connectivity index (χ4v) is 4.89. The molecule has 0 unspecified atom stereocenters. The molecule has 1 aliphatic carbocycles. The molecular weight excluding hydrogens is 320 g/mol. The molecule has 118 valence electrons. The molecule has 0 spiro atoms. The van der Waals surface area contributed by atoms with Crippen molar-refractivity contribution >= 4 is 35.5 Å². The Morgan fingerprint density at radius 1 is 1.14 bits per heavy atom. The van der Waals surface area contributed by atoms with E-state index in [1.54, 1.807) is 0 Å². The lowest BCUT2D eigenvalue weighted by Gasteiger charge is -2.10. The summed E-state index contributed by atoms with van der Waals surface area (Å²) in [6.07, 6.45) is 1.98. The van der Waals surface area contributed by atoms with Crippen LogP contribution in [0.4, 0.5) is 4.79 Å². The monoisotopic (exact) mass is 338 g/mol. The van der Waals surface area contributed by atoms with Gasteiger partial charge in [-0.25, -0.2) is 4.79 Å². The van der Waals surface area contributed by atoms with E-state index in [9.17, 15) is 9.59 Å². The standard InChI is InChI=1S/C15H18N2O3S2/c18-13(17-15(19)16-11-3-4-11)9-20-12-5-1-10(2-6-12)14-21-7-8-22-14/h1-2,5-6,11,14H,3-4,7-9H2,(H2,16,17,18,19). The summed E-state index contributed by atoms with van der Waals surface area (Å²) in [7, 11) is 0. The maximum absolute atomic E-state index is 11.6. The van der Waals surface area contributed by atoms with Crippen molar-refractivity contribution in [3.8, 4) is 5.75 Å². The number of carbonyl (C=O) groups excluding carboxylic acids is 2. The molecule has 0 aromatic heterocycles. The van der Waals surface area contributed by atoms with Gasteiger partial charge in [-0.3, -0.25) is 10.1 Å². The Labute approximate surface area is 137 Å². The lowest BCUT2D eigenvalue weighted by atomic mass is 10.2. The molecule has 0 atom stereocenters. The van der Waals surface area contributed by atoms with Crippen LogP contribution in [0.3, 0.4) is 0 Å². The number of ether oxygens (including phenoxy) is 1. The zero-order chi connectivity index (χ0) is 15.4. The summed E-state index contributed by atoms with van der Waals surface area (Å²) in [4.78, 5) is 23.0. The van der Waals surface area contributed by atoms with E-state index in [1.807, 2.05) is 47.8 Å². The van der Waals surface area contributed by atoms with E-state index in [2.05, 4.69) is 10.6 Å². The highest BCUT2D eigenvalue weighted by molar-refractivity contribution is 8.19. The summed E-state index contributed by atoms with van der Waals surface area (Å²) in [6.45, 7) is -0.162. The molecule has 1 heterocycles. The SMILES string of the molecule is O=C(COc1ccc(C2SCCS2)cc1)NC(=O)NC1CC1. The molecule has 1 saturated carbocycles. The van der Waals surface area contributed by atoms with Crippen LogP contribution in [-0.2, 0) is 4.79 Å². The van der Waals surface area contributed by atoms with E-state index >= 15 is 0 Å². The Kier molecular flexibility index (Phi) is 5.15. The quantitative estimate of drug-likeness (QED) is 0.863. The fraction of sp³-hybridized carbons (Fsp3) is 0.467. The minimum absolute atomic E-state index is 0.162. The summed E-state index contributed by atoms with van der Waals surface area (Å²) in [6, 6.07) is 7.58. The maximum Gasteiger partial charge on any atom is 0.321 e. The predicted molar refractivity (Wildman–Crippen MR) is 89.3 cm³/mol. The molecule has 2 fully saturated rings. The highest BCUT2D eigenvalue weighted by Crippen LogP contribution is 2.45. The molecule has 22 heavy (non-hydrogen) atoms. The third kappa shape index (κ3) is 4.58. The van der Waals surface area contributed by atoms with Crippen LogP contribution in [-0.4, -0.2) is 36.1 Å². The summed E-state index contributed by atoms with van der Waals surface area (Å²) in [5.41, 5.74) is 1.27. The van der Waals surface area contributed by atoms with E-state index in [0.717, 1.165) is 12.8 Å². The molecule has 3 rings (SSSR count). The number of nitrogens with one attached hydrogen (secondary N) is 2. The third-order valence-corrected chi connectivity index (χ3v) is 6.41. The predicted octanol–water partition coefficient (Wildman–Crippen LogP) is 2.53. The molecule has 2 aliphatic rings. The number of imide groups is 1. The van der Waals surface area contributed by atoms with Crippen molar-refractivity contribution in [1.82, 2.24) is 10.6 Å². The van der Waals surface area contributed by atoms with E-state index in [0.29, 0.717) is 10.3 Å². The number of hydrogen-bond acceptors (Lipinski definition) is 5. The van der Waals surface area contributed by atoms with Gasteiger partial charge in [-0.05, 0) is 30.5 Å². The second-order valence-corrected chi connectivity index (χ2v) is 7.95. The molecule has 3 amide bonds. The maximum atomic E-state index is 11.6. The van der Waals surface area contributed by atoms with Gasteiger partial charge in [0.25, 0.3) is 5.91 Å². The molecule has 5 nitrogen and oxygen atoms in total. The fourth-order valence-electron chi connectivity index (χ4n) is 2.03. The normalized spacial score (nSPS) is 18.0. The molecule has 2 N–H and O–H groups in total. The van der Waals surface area contributed by atoms with Crippen molar-refractivity contribution in [3.05, 3.63) is 29.8 Å². The first-order valence-corrected chi connectivity index (χ1v) is 9.37. The zero-order valence-electron chi connectivity index (χ0n) is 12.0. The summed E-state index contributed by atoms with van der Waals surface area (Å²) < 4.78 is 5.90. The van der Waals surface area contributed by atoms with Crippen LogP contribution in [0.25, 0.3) is 0 Å². The van der Waals surface area contributed by atoms with Crippen molar-refractivity contribution in [2.24, 2.45) is 0 Å². The summed E-state index contributed by atoms with van der Waals surface area (Å²) in [5.74, 6) is 2.58. The van der Waals surface area contributed by atoms with Crippen LogP contribution in [0, 0.1) is 0 Å². The van der Waals surface area contributed by atoms with Gasteiger partial charge in [0.05, 0.1) is 4.58 Å². The van der Waals surface area contributed by atoms with Crippen LogP contribution < -0.4 is 15.4 Å². The van der Waals surface area contributed by atoms with Gasteiger partial charge in [-0.15, -0.1) is 23.5 Å². The molecular formula is C15H18N2O3S2. The van der Waals surface area contributed by atoms with E-state index in [1.165, 1.54) is 17.1 Å². The van der Waals surface area contributed by atoms with Gasteiger partial charge in [0.1, 0.15) is 5.75 Å². The van der Waals surface area contributed by atoms with Crippen molar-refractivity contribution < 1.29 is 14.3 Å². The number of benzene rings is 1. The highest BCUT2D eigenvalue weighted by atomic mass is 32.2. The second-order valence-electron chi connectivity index (χ2n) is 5.23. The lowest BCUT2D eigenvalue weighted by molar-refractivity contribution is -0.122. The van der Waals surface area contributed by atoms with Crippen LogP contribution in [0.1, 0.15) is 23.0 Å². The van der Waals surface area contributed by atoms with Crippen LogP contribution >= 0.6 is 23.5 Å². The van der Waals surface area contributed by atoms with E-state index in [4.69, 9.17) is 4.74 Å². The Bertz CT molecular complexity index is 540. The van der Waals surface area contributed by atoms with Crippen molar-refractivity contribution in [1.29, 1.82) is 0 Å². The van der Waals surface area contributed by atoms with Gasteiger partial charge < -0.3 is 10.1 Å². The second kappa shape index (κ2) is 7.28. The largest absolute Gasteiger partial charge is 0.484 e. The number of carbonyl (C=O) groups is 2. The molecule has 1 aliphatic heterocycles. The van der Waals surface area contributed by atoms with Gasteiger partial charge in [0, 0.05) is 17.5 Å². The molecule has 0 bridgehead atoms. The summed E-state index contributed by atoms with van der Waals surface area (Å²) >= 11 is 3.90. The Morgan fingerprint density at radius 2 is 1.82 bits per heavy atom. The average molecular weight is 338 g/mol. The van der Waals surface area contributed by atoms with Gasteiger partial charge in [0.15, 0.2) is 6.61 Å². The first-order chi connectivity index (χ1) is 10.7. The Balaban J connectivity index is 1.42. The van der Waals surface area contributed by atoms with Crippen LogP contribution in [0.5, 0.6) is 5.75 Å². The smallest absolute Gasteiger partial charge is 0.321 e. The Morgan fingerprint density at radius 3 is 2.45 bits per heavy atom. The number of rotatable bonds is 5. The summed E-state index contributed by atoms with van der Waals surface area (Å²) in [5, 5.41) is 4.95. The topological polar surface area (TPSA) is 67.4 Å². The van der Waals surface area contributed by atoms with Crippen LogP contribution in [0.2, 0.25) is 0 Å².